The van der Waals surface area contributed by atoms with E-state index in [9.17, 15) is 13.2 Å². The van der Waals surface area contributed by atoms with Gasteiger partial charge in [-0.3, -0.25) is 4.79 Å². The molecular formula is C21H26ClN3O6S. The van der Waals surface area contributed by atoms with Crippen LogP contribution in [0.4, 0.5) is 11.4 Å². The van der Waals surface area contributed by atoms with Crippen molar-refractivity contribution in [3.63, 3.8) is 0 Å². The Balaban J connectivity index is 1.74. The van der Waals surface area contributed by atoms with Crippen LogP contribution in [0.15, 0.2) is 35.2 Å². The zero-order chi connectivity index (χ0) is 23.3. The monoisotopic (exact) mass is 483 g/mol. The third-order valence-electron chi connectivity index (χ3n) is 4.86. The summed E-state index contributed by atoms with van der Waals surface area (Å²) in [4.78, 5) is 12.6. The lowest BCUT2D eigenvalue weighted by Gasteiger charge is -2.20. The standard InChI is InChI=1S/C21H26ClN3O6S/c1-4-25(5-2)32(27,28)14-6-7-18(29-3)17(10-14)24-21(26)13-23-16-12-20-19(11-15(16)22)30-8-9-31-20/h6-7,10-12,23H,4-5,8-9,13H2,1-3H3,(H,24,26). The number of ether oxygens (including phenoxy) is 3. The predicted molar refractivity (Wildman–Crippen MR) is 123 cm³/mol. The van der Waals surface area contributed by atoms with E-state index >= 15 is 0 Å². The Bertz CT molecular complexity index is 1090. The molecule has 0 saturated heterocycles. The Morgan fingerprint density at radius 2 is 1.75 bits per heavy atom. The van der Waals surface area contributed by atoms with Gasteiger partial charge in [0.1, 0.15) is 19.0 Å². The molecule has 1 aliphatic heterocycles. The van der Waals surface area contributed by atoms with Crippen LogP contribution in [0, 0.1) is 0 Å². The SMILES string of the molecule is CCN(CC)S(=O)(=O)c1ccc(OC)c(NC(=O)CNc2cc3c(cc2Cl)OCCO3)c1. The summed E-state index contributed by atoms with van der Waals surface area (Å²) in [5, 5.41) is 6.03. The molecule has 1 amide bonds. The number of hydrogen-bond donors (Lipinski definition) is 2. The van der Waals surface area contributed by atoms with Crippen molar-refractivity contribution in [1.82, 2.24) is 4.31 Å². The number of benzene rings is 2. The molecule has 32 heavy (non-hydrogen) atoms. The number of anilines is 2. The Morgan fingerprint density at radius 3 is 2.38 bits per heavy atom. The van der Waals surface area contributed by atoms with Gasteiger partial charge in [-0.1, -0.05) is 25.4 Å². The minimum Gasteiger partial charge on any atom is -0.495 e. The highest BCUT2D eigenvalue weighted by atomic mass is 35.5. The van der Waals surface area contributed by atoms with Crippen LogP contribution in [-0.4, -0.2) is 58.6 Å². The molecule has 9 nitrogen and oxygen atoms in total. The molecule has 0 atom stereocenters. The normalized spacial score (nSPS) is 13.0. The third kappa shape index (κ3) is 5.20. The quantitative estimate of drug-likeness (QED) is 0.564. The molecule has 2 N–H and O–H groups in total. The number of carbonyl (C=O) groups excluding carboxylic acids is 1. The highest BCUT2D eigenvalue weighted by Crippen LogP contribution is 2.38. The summed E-state index contributed by atoms with van der Waals surface area (Å²) in [5.41, 5.74) is 0.761. The van der Waals surface area contributed by atoms with Crippen LogP contribution in [0.2, 0.25) is 5.02 Å². The van der Waals surface area contributed by atoms with E-state index in [4.69, 9.17) is 25.8 Å². The summed E-state index contributed by atoms with van der Waals surface area (Å²) in [6, 6.07) is 7.65. The second kappa shape index (κ2) is 10.3. The van der Waals surface area contributed by atoms with Crippen molar-refractivity contribution < 1.29 is 27.4 Å². The summed E-state index contributed by atoms with van der Waals surface area (Å²) in [7, 11) is -2.25. The number of hydrogen-bond acceptors (Lipinski definition) is 7. The van der Waals surface area contributed by atoms with Crippen molar-refractivity contribution in [3.8, 4) is 17.2 Å². The van der Waals surface area contributed by atoms with Crippen molar-refractivity contribution >= 4 is 38.9 Å². The first-order valence-corrected chi connectivity index (χ1v) is 11.9. The summed E-state index contributed by atoms with van der Waals surface area (Å²) >= 11 is 6.26. The zero-order valence-electron chi connectivity index (χ0n) is 18.1. The summed E-state index contributed by atoms with van der Waals surface area (Å²) in [5.74, 6) is 1.02. The molecule has 3 rings (SSSR count). The van der Waals surface area contributed by atoms with E-state index in [1.165, 1.54) is 29.6 Å². The fraction of sp³-hybridized carbons (Fsp3) is 0.381. The second-order valence-corrected chi connectivity index (χ2v) is 9.17. The number of carbonyl (C=O) groups is 1. The molecule has 0 aromatic heterocycles. The molecule has 0 saturated carbocycles. The van der Waals surface area contributed by atoms with E-state index in [0.29, 0.717) is 54.3 Å². The van der Waals surface area contributed by atoms with E-state index in [-0.39, 0.29) is 17.1 Å². The maximum Gasteiger partial charge on any atom is 0.243 e. The number of methoxy groups -OCH3 is 1. The molecule has 0 radical (unpaired) electrons. The first-order valence-electron chi connectivity index (χ1n) is 10.1. The Hall–Kier alpha value is -2.69. The van der Waals surface area contributed by atoms with Gasteiger partial charge in [0.2, 0.25) is 15.9 Å². The fourth-order valence-corrected chi connectivity index (χ4v) is 4.93. The van der Waals surface area contributed by atoms with Gasteiger partial charge in [-0.05, 0) is 18.2 Å². The summed E-state index contributed by atoms with van der Waals surface area (Å²) in [6.07, 6.45) is 0. The van der Waals surface area contributed by atoms with Crippen molar-refractivity contribution in [2.24, 2.45) is 0 Å². The molecule has 2 aromatic rings. The number of amides is 1. The number of rotatable bonds is 9. The third-order valence-corrected chi connectivity index (χ3v) is 7.22. The fourth-order valence-electron chi connectivity index (χ4n) is 3.23. The van der Waals surface area contributed by atoms with E-state index in [0.717, 1.165) is 0 Å². The number of fused-ring (bicyclic) bond motifs is 1. The van der Waals surface area contributed by atoms with Gasteiger partial charge in [0, 0.05) is 25.2 Å². The minimum atomic E-state index is -3.69. The Morgan fingerprint density at radius 1 is 1.09 bits per heavy atom. The smallest absolute Gasteiger partial charge is 0.243 e. The Labute approximate surface area is 192 Å². The first-order chi connectivity index (χ1) is 15.3. The van der Waals surface area contributed by atoms with Crippen molar-refractivity contribution in [1.29, 1.82) is 0 Å². The summed E-state index contributed by atoms with van der Waals surface area (Å²) in [6.45, 7) is 4.98. The Kier molecular flexibility index (Phi) is 7.70. The predicted octanol–water partition coefficient (Wildman–Crippen LogP) is 3.20. The van der Waals surface area contributed by atoms with Crippen LogP contribution >= 0.6 is 11.6 Å². The lowest BCUT2D eigenvalue weighted by atomic mass is 10.2. The molecule has 2 aromatic carbocycles. The maximum atomic E-state index is 12.8. The molecule has 174 valence electrons. The van der Waals surface area contributed by atoms with Crippen LogP contribution in [0.25, 0.3) is 0 Å². The molecule has 11 heteroatoms. The average molecular weight is 484 g/mol. The molecule has 0 bridgehead atoms. The molecule has 0 aliphatic carbocycles. The van der Waals surface area contributed by atoms with Gasteiger partial charge >= 0.3 is 0 Å². The molecule has 1 heterocycles. The minimum absolute atomic E-state index is 0.0696. The average Bonchev–Trinajstić information content (AvgIpc) is 2.78. The molecule has 0 spiro atoms. The van der Waals surface area contributed by atoms with Crippen LogP contribution in [-0.2, 0) is 14.8 Å². The summed E-state index contributed by atoms with van der Waals surface area (Å²) < 4.78 is 43.3. The van der Waals surface area contributed by atoms with E-state index in [2.05, 4.69) is 10.6 Å². The van der Waals surface area contributed by atoms with E-state index in [1.54, 1.807) is 26.0 Å². The van der Waals surface area contributed by atoms with Gasteiger partial charge in [-0.2, -0.15) is 4.31 Å². The highest BCUT2D eigenvalue weighted by Gasteiger charge is 2.23. The van der Waals surface area contributed by atoms with Gasteiger partial charge in [0.25, 0.3) is 0 Å². The topological polar surface area (TPSA) is 106 Å². The molecule has 0 unspecified atom stereocenters. The zero-order valence-corrected chi connectivity index (χ0v) is 19.7. The lowest BCUT2D eigenvalue weighted by Crippen LogP contribution is -2.30. The van der Waals surface area contributed by atoms with Crippen LogP contribution in [0.3, 0.4) is 0 Å². The molecule has 0 fully saturated rings. The molecule has 1 aliphatic rings. The number of halogens is 1. The number of nitrogens with zero attached hydrogens (tertiary/aromatic N) is 1. The van der Waals surface area contributed by atoms with Crippen LogP contribution in [0.5, 0.6) is 17.2 Å². The number of nitrogens with one attached hydrogen (secondary N) is 2. The number of sulfonamides is 1. The van der Waals surface area contributed by atoms with Gasteiger partial charge < -0.3 is 24.8 Å². The van der Waals surface area contributed by atoms with Crippen molar-refractivity contribution in [2.45, 2.75) is 18.7 Å². The largest absolute Gasteiger partial charge is 0.495 e. The van der Waals surface area contributed by atoms with Crippen molar-refractivity contribution in [3.05, 3.63) is 35.4 Å². The van der Waals surface area contributed by atoms with Gasteiger partial charge in [0.05, 0.1) is 34.9 Å². The van der Waals surface area contributed by atoms with Gasteiger partial charge in [-0.25, -0.2) is 8.42 Å². The maximum absolute atomic E-state index is 12.8. The van der Waals surface area contributed by atoms with Crippen molar-refractivity contribution in [2.75, 3.05) is 50.6 Å². The molecular weight excluding hydrogens is 458 g/mol. The van der Waals surface area contributed by atoms with Crippen LogP contribution < -0.4 is 24.8 Å². The van der Waals surface area contributed by atoms with E-state index < -0.39 is 15.9 Å². The van der Waals surface area contributed by atoms with Gasteiger partial charge in [0.15, 0.2) is 11.5 Å². The van der Waals surface area contributed by atoms with Gasteiger partial charge in [-0.15, -0.1) is 0 Å². The second-order valence-electron chi connectivity index (χ2n) is 6.83. The lowest BCUT2D eigenvalue weighted by molar-refractivity contribution is -0.114. The van der Waals surface area contributed by atoms with E-state index in [1.807, 2.05) is 0 Å². The first kappa shape index (κ1) is 24.0. The van der Waals surface area contributed by atoms with Crippen LogP contribution in [0.1, 0.15) is 13.8 Å². The highest BCUT2D eigenvalue weighted by molar-refractivity contribution is 7.89.